The van der Waals surface area contributed by atoms with Gasteiger partial charge in [-0.15, -0.1) is 0 Å². The fraction of sp³-hybridized carbons (Fsp3) is 0.261. The van der Waals surface area contributed by atoms with Crippen LogP contribution in [0.4, 0.5) is 0 Å². The lowest BCUT2D eigenvalue weighted by molar-refractivity contribution is -0.143. The van der Waals surface area contributed by atoms with E-state index >= 15 is 0 Å². The molecular weight excluding hydrogens is 368 g/mol. The Kier molecular flexibility index (Phi) is 6.79. The zero-order valence-electron chi connectivity index (χ0n) is 16.6. The minimum Gasteiger partial charge on any atom is -0.497 e. The van der Waals surface area contributed by atoms with Gasteiger partial charge in [-0.25, -0.2) is 0 Å². The highest BCUT2D eigenvalue weighted by molar-refractivity contribution is 5.88. The Morgan fingerprint density at radius 3 is 2.69 bits per heavy atom. The van der Waals surface area contributed by atoms with Crippen LogP contribution in [0.1, 0.15) is 30.5 Å². The van der Waals surface area contributed by atoms with E-state index in [1.165, 1.54) is 0 Å². The summed E-state index contributed by atoms with van der Waals surface area (Å²) in [5.41, 5.74) is 2.41. The Hall–Kier alpha value is -3.41. The van der Waals surface area contributed by atoms with Gasteiger partial charge in [-0.1, -0.05) is 36.4 Å². The van der Waals surface area contributed by atoms with Crippen molar-refractivity contribution >= 4 is 22.8 Å². The number of nitrogens with zero attached hydrogens (tertiary/aromatic N) is 1. The minimum atomic E-state index is -0.514. The number of rotatable bonds is 8. The molecule has 0 fully saturated rings. The molecule has 0 radical (unpaired) electrons. The van der Waals surface area contributed by atoms with Crippen LogP contribution < -0.4 is 10.1 Å². The van der Waals surface area contributed by atoms with Crippen LogP contribution in [0.3, 0.4) is 0 Å². The van der Waals surface area contributed by atoms with Gasteiger partial charge in [-0.3, -0.25) is 14.6 Å². The van der Waals surface area contributed by atoms with Gasteiger partial charge in [0.1, 0.15) is 5.75 Å². The van der Waals surface area contributed by atoms with Crippen molar-refractivity contribution in [2.75, 3.05) is 13.7 Å². The first-order chi connectivity index (χ1) is 14.1. The third kappa shape index (κ3) is 5.31. The first kappa shape index (κ1) is 20.3. The van der Waals surface area contributed by atoms with E-state index in [0.29, 0.717) is 12.4 Å². The second-order valence-electron chi connectivity index (χ2n) is 6.57. The Morgan fingerprint density at radius 1 is 1.10 bits per heavy atom. The number of fused-ring (bicyclic) bond motifs is 1. The molecule has 0 aliphatic heterocycles. The molecule has 1 aromatic heterocycles. The van der Waals surface area contributed by atoms with Crippen LogP contribution >= 0.6 is 0 Å². The van der Waals surface area contributed by atoms with Crippen molar-refractivity contribution in [1.82, 2.24) is 10.3 Å². The highest BCUT2D eigenvalue weighted by atomic mass is 16.5. The van der Waals surface area contributed by atoms with Gasteiger partial charge in [0.15, 0.2) is 0 Å². The SMILES string of the molecule is CCOC(=O)CC(NC(=O)Cc1cccc2cccnc12)c1cccc(OC)c1. The molecular formula is C23H24N2O4. The van der Waals surface area contributed by atoms with Gasteiger partial charge in [0, 0.05) is 11.6 Å². The van der Waals surface area contributed by atoms with Crippen molar-refractivity contribution in [2.45, 2.75) is 25.8 Å². The first-order valence-corrected chi connectivity index (χ1v) is 9.52. The van der Waals surface area contributed by atoms with E-state index in [4.69, 9.17) is 9.47 Å². The maximum atomic E-state index is 12.8. The van der Waals surface area contributed by atoms with Crippen molar-refractivity contribution in [3.8, 4) is 5.75 Å². The molecule has 0 spiro atoms. The number of esters is 1. The molecule has 0 aliphatic rings. The summed E-state index contributed by atoms with van der Waals surface area (Å²) in [7, 11) is 1.57. The largest absolute Gasteiger partial charge is 0.497 e. The number of carbonyl (C=O) groups is 2. The molecule has 6 nitrogen and oxygen atoms in total. The van der Waals surface area contributed by atoms with Crippen molar-refractivity contribution in [1.29, 1.82) is 0 Å². The highest BCUT2D eigenvalue weighted by Crippen LogP contribution is 2.23. The van der Waals surface area contributed by atoms with Gasteiger partial charge < -0.3 is 14.8 Å². The molecule has 1 N–H and O–H groups in total. The number of benzene rings is 2. The number of methoxy groups -OCH3 is 1. The van der Waals surface area contributed by atoms with E-state index in [0.717, 1.165) is 22.0 Å². The minimum absolute atomic E-state index is 0.0422. The van der Waals surface area contributed by atoms with Crippen LogP contribution in [0, 0.1) is 0 Å². The van der Waals surface area contributed by atoms with Gasteiger partial charge in [-0.05, 0) is 36.2 Å². The molecule has 3 aromatic rings. The van der Waals surface area contributed by atoms with E-state index in [2.05, 4.69) is 10.3 Å². The Morgan fingerprint density at radius 2 is 1.90 bits per heavy atom. The Labute approximate surface area is 169 Å². The molecule has 0 saturated carbocycles. The summed E-state index contributed by atoms with van der Waals surface area (Å²) < 4.78 is 10.3. The molecule has 29 heavy (non-hydrogen) atoms. The fourth-order valence-corrected chi connectivity index (χ4v) is 3.23. The lowest BCUT2D eigenvalue weighted by Crippen LogP contribution is -2.32. The number of ether oxygens (including phenoxy) is 2. The summed E-state index contributed by atoms with van der Waals surface area (Å²) in [5.74, 6) is 0.0941. The van der Waals surface area contributed by atoms with Crippen molar-refractivity contribution in [3.63, 3.8) is 0 Å². The second-order valence-corrected chi connectivity index (χ2v) is 6.57. The van der Waals surface area contributed by atoms with Crippen molar-refractivity contribution in [3.05, 3.63) is 71.9 Å². The Bertz CT molecular complexity index is 998. The standard InChI is InChI=1S/C23H24N2O4/c1-3-29-22(27)15-20(17-8-5-11-19(13-17)28-2)25-21(26)14-18-9-4-7-16-10-6-12-24-23(16)18/h4-13,20H,3,14-15H2,1-2H3,(H,25,26). The lowest BCUT2D eigenvalue weighted by Gasteiger charge is -2.19. The third-order valence-corrected chi connectivity index (χ3v) is 4.57. The smallest absolute Gasteiger partial charge is 0.308 e. The molecule has 1 atom stereocenters. The zero-order valence-corrected chi connectivity index (χ0v) is 16.6. The molecule has 150 valence electrons. The van der Waals surface area contributed by atoms with Crippen molar-refractivity contribution < 1.29 is 19.1 Å². The van der Waals surface area contributed by atoms with E-state index in [-0.39, 0.29) is 24.7 Å². The third-order valence-electron chi connectivity index (χ3n) is 4.57. The van der Waals surface area contributed by atoms with Gasteiger partial charge >= 0.3 is 5.97 Å². The average molecular weight is 392 g/mol. The molecule has 3 rings (SSSR count). The predicted octanol–water partition coefficient (Wildman–Crippen LogP) is 3.60. The number of para-hydroxylation sites is 1. The fourth-order valence-electron chi connectivity index (χ4n) is 3.23. The molecule has 1 unspecified atom stereocenters. The number of aromatic nitrogens is 1. The average Bonchev–Trinajstić information content (AvgIpc) is 2.74. The van der Waals surface area contributed by atoms with Crippen LogP contribution in [0.15, 0.2) is 60.8 Å². The summed E-state index contributed by atoms with van der Waals surface area (Å²) in [6, 6.07) is 16.4. The van der Waals surface area contributed by atoms with Gasteiger partial charge in [0.05, 0.1) is 38.1 Å². The van der Waals surface area contributed by atoms with Crippen molar-refractivity contribution in [2.24, 2.45) is 0 Å². The van der Waals surface area contributed by atoms with Gasteiger partial charge in [0.25, 0.3) is 0 Å². The first-order valence-electron chi connectivity index (χ1n) is 9.52. The van der Waals surface area contributed by atoms with E-state index < -0.39 is 6.04 Å². The van der Waals surface area contributed by atoms with Crippen LogP contribution in [0.5, 0.6) is 5.75 Å². The number of nitrogens with one attached hydrogen (secondary N) is 1. The molecule has 0 saturated heterocycles. The van der Waals surface area contributed by atoms with Crippen LogP contribution in [0.2, 0.25) is 0 Å². The maximum Gasteiger partial charge on any atom is 0.308 e. The zero-order chi connectivity index (χ0) is 20.6. The lowest BCUT2D eigenvalue weighted by atomic mass is 10.0. The molecule has 6 heteroatoms. The number of hydrogen-bond donors (Lipinski definition) is 1. The molecule has 1 heterocycles. The van der Waals surface area contributed by atoms with Crippen LogP contribution in [0.25, 0.3) is 10.9 Å². The maximum absolute atomic E-state index is 12.8. The van der Waals surface area contributed by atoms with Crippen LogP contribution in [-0.2, 0) is 20.7 Å². The molecule has 0 bridgehead atoms. The summed E-state index contributed by atoms with van der Waals surface area (Å²) in [6.45, 7) is 2.05. The summed E-state index contributed by atoms with van der Waals surface area (Å²) in [4.78, 5) is 29.3. The predicted molar refractivity (Wildman–Crippen MR) is 111 cm³/mol. The summed E-state index contributed by atoms with van der Waals surface area (Å²) >= 11 is 0. The number of pyridine rings is 1. The summed E-state index contributed by atoms with van der Waals surface area (Å²) in [5, 5.41) is 3.94. The molecule has 0 aliphatic carbocycles. The van der Waals surface area contributed by atoms with E-state index in [1.807, 2.05) is 54.6 Å². The normalized spacial score (nSPS) is 11.7. The van der Waals surface area contributed by atoms with E-state index in [1.54, 1.807) is 20.2 Å². The number of amides is 1. The highest BCUT2D eigenvalue weighted by Gasteiger charge is 2.20. The topological polar surface area (TPSA) is 77.5 Å². The second kappa shape index (κ2) is 9.68. The quantitative estimate of drug-likeness (QED) is 0.593. The summed E-state index contributed by atoms with van der Waals surface area (Å²) in [6.07, 6.45) is 1.92. The molecule has 2 aromatic carbocycles. The van der Waals surface area contributed by atoms with Gasteiger partial charge in [0.2, 0.25) is 5.91 Å². The van der Waals surface area contributed by atoms with E-state index in [9.17, 15) is 9.59 Å². The Balaban J connectivity index is 1.80. The van der Waals surface area contributed by atoms with Crippen LogP contribution in [-0.4, -0.2) is 30.6 Å². The number of hydrogen-bond acceptors (Lipinski definition) is 5. The number of carbonyl (C=O) groups excluding carboxylic acids is 2. The van der Waals surface area contributed by atoms with Gasteiger partial charge in [-0.2, -0.15) is 0 Å². The monoisotopic (exact) mass is 392 g/mol. The molecule has 1 amide bonds.